The van der Waals surface area contributed by atoms with E-state index in [0.29, 0.717) is 0 Å². The minimum Gasteiger partial charge on any atom is -0.462 e. The Bertz CT molecular complexity index is 392. The van der Waals surface area contributed by atoms with Gasteiger partial charge >= 0.3 is 12.1 Å². The first-order chi connectivity index (χ1) is 7.79. The van der Waals surface area contributed by atoms with Gasteiger partial charge in [0.25, 0.3) is 0 Å². The topological polar surface area (TPSA) is 78.6 Å². The minimum atomic E-state index is -5.14. The molecule has 17 heavy (non-hydrogen) atoms. The average Bonchev–Trinajstić information content (AvgIpc) is 2.23. The van der Waals surface area contributed by atoms with E-state index < -0.39 is 29.3 Å². The molecule has 0 aliphatic carbocycles. The van der Waals surface area contributed by atoms with E-state index >= 15 is 0 Å². The Hall–Kier alpha value is -2.01. The third-order valence-electron chi connectivity index (χ3n) is 1.44. The van der Waals surface area contributed by atoms with Crippen LogP contribution in [-0.4, -0.2) is 24.5 Å². The molecule has 5 nitrogen and oxygen atoms in total. The number of esters is 1. The lowest BCUT2D eigenvalue weighted by molar-refractivity contribution is -0.147. The monoisotopic (exact) mass is 251 g/mol. The second kappa shape index (κ2) is 5.91. The molecule has 0 aliphatic rings. The number of hydrogen-bond donors (Lipinski definition) is 1. The zero-order valence-corrected chi connectivity index (χ0v) is 8.63. The summed E-state index contributed by atoms with van der Waals surface area (Å²) >= 11 is 0. The lowest BCUT2D eigenvalue weighted by Crippen LogP contribution is -2.27. The number of rotatable bonds is 4. The Balaban J connectivity index is 5.74. The maximum atomic E-state index is 12.4. The van der Waals surface area contributed by atoms with Gasteiger partial charge in [-0.3, -0.25) is 4.79 Å². The average molecular weight is 251 g/mol. The number of Topliss-reactive ketones (excluding diaryl/α,β-unsaturated/α-hetero) is 1. The molecule has 0 fully saturated rings. The maximum Gasteiger partial charge on any atom is 0.452 e. The number of ketones is 1. The van der Waals surface area contributed by atoms with Crippen molar-refractivity contribution in [2.75, 3.05) is 6.61 Å². The van der Waals surface area contributed by atoms with E-state index in [-0.39, 0.29) is 6.61 Å². The van der Waals surface area contributed by atoms with Crippen LogP contribution in [0.5, 0.6) is 0 Å². The summed E-state index contributed by atoms with van der Waals surface area (Å²) in [6.07, 6.45) is -0.498. The summed E-state index contributed by atoms with van der Waals surface area (Å²) < 4.78 is 41.4. The molecule has 94 valence electrons. The SMILES string of the molecule is C#CC(=O)/C(C(=O)OCC)=C(/ON)C(F)(F)F. The molecular formula is C9H8F3NO4. The van der Waals surface area contributed by atoms with Crippen LogP contribution in [-0.2, 0) is 19.2 Å². The summed E-state index contributed by atoms with van der Waals surface area (Å²) in [6, 6.07) is 0. The van der Waals surface area contributed by atoms with E-state index in [2.05, 4.69) is 21.9 Å². The van der Waals surface area contributed by atoms with Crippen molar-refractivity contribution in [2.45, 2.75) is 13.1 Å². The fraction of sp³-hybridized carbons (Fsp3) is 0.333. The smallest absolute Gasteiger partial charge is 0.452 e. The molecule has 0 saturated carbocycles. The van der Waals surface area contributed by atoms with Crippen molar-refractivity contribution in [2.24, 2.45) is 5.90 Å². The minimum absolute atomic E-state index is 0.240. The number of alkyl halides is 3. The highest BCUT2D eigenvalue weighted by atomic mass is 19.4. The van der Waals surface area contributed by atoms with Crippen LogP contribution in [0.1, 0.15) is 6.92 Å². The molecule has 8 heteroatoms. The molecule has 2 N–H and O–H groups in total. The number of carbonyl (C=O) groups excluding carboxylic acids is 2. The second-order valence-corrected chi connectivity index (χ2v) is 2.51. The van der Waals surface area contributed by atoms with Crippen molar-refractivity contribution in [3.8, 4) is 12.3 Å². The first-order valence-electron chi connectivity index (χ1n) is 4.15. The Morgan fingerprint density at radius 2 is 1.94 bits per heavy atom. The molecule has 0 aromatic rings. The molecular weight excluding hydrogens is 243 g/mol. The number of allylic oxidation sites excluding steroid dienone is 1. The van der Waals surface area contributed by atoms with Gasteiger partial charge in [-0.05, 0) is 12.8 Å². The molecule has 0 atom stereocenters. The normalized spacial score (nSPS) is 12.2. The summed E-state index contributed by atoms with van der Waals surface area (Å²) in [5, 5.41) is 0. The van der Waals surface area contributed by atoms with Crippen LogP contribution < -0.4 is 5.90 Å². The number of hydrogen-bond acceptors (Lipinski definition) is 5. The summed E-state index contributed by atoms with van der Waals surface area (Å²) in [5.41, 5.74) is -1.45. The van der Waals surface area contributed by atoms with Crippen molar-refractivity contribution in [1.29, 1.82) is 0 Å². The highest BCUT2D eigenvalue weighted by molar-refractivity contribution is 6.24. The molecule has 0 unspecified atom stereocenters. The Morgan fingerprint density at radius 1 is 1.41 bits per heavy atom. The third kappa shape index (κ3) is 3.81. The van der Waals surface area contributed by atoms with Crippen molar-refractivity contribution >= 4 is 11.8 Å². The quantitative estimate of drug-likeness (QED) is 0.115. The van der Waals surface area contributed by atoms with E-state index in [1.165, 1.54) is 12.8 Å². The number of ether oxygens (including phenoxy) is 1. The largest absolute Gasteiger partial charge is 0.462 e. The zero-order valence-electron chi connectivity index (χ0n) is 8.63. The van der Waals surface area contributed by atoms with Gasteiger partial charge in [0.05, 0.1) is 6.61 Å². The van der Waals surface area contributed by atoms with Gasteiger partial charge in [-0.25, -0.2) is 4.79 Å². The highest BCUT2D eigenvalue weighted by Gasteiger charge is 2.43. The summed E-state index contributed by atoms with van der Waals surface area (Å²) in [5.74, 6) is 0.676. The highest BCUT2D eigenvalue weighted by Crippen LogP contribution is 2.28. The molecule has 0 radical (unpaired) electrons. The van der Waals surface area contributed by atoms with E-state index in [1.807, 2.05) is 0 Å². The Labute approximate surface area is 94.3 Å². The van der Waals surface area contributed by atoms with E-state index in [4.69, 9.17) is 0 Å². The van der Waals surface area contributed by atoms with Crippen LogP contribution in [0.4, 0.5) is 13.2 Å². The number of nitrogens with two attached hydrogens (primary N) is 1. The van der Waals surface area contributed by atoms with Crippen LogP contribution in [0.15, 0.2) is 11.3 Å². The maximum absolute atomic E-state index is 12.4. The fourth-order valence-electron chi connectivity index (χ4n) is 0.831. The van der Waals surface area contributed by atoms with Crippen molar-refractivity contribution < 1.29 is 32.3 Å². The van der Waals surface area contributed by atoms with Gasteiger partial charge in [0.1, 0.15) is 0 Å². The summed E-state index contributed by atoms with van der Waals surface area (Å²) in [7, 11) is 0. The van der Waals surface area contributed by atoms with Gasteiger partial charge in [-0.15, -0.1) is 6.42 Å². The van der Waals surface area contributed by atoms with Crippen molar-refractivity contribution in [1.82, 2.24) is 0 Å². The van der Waals surface area contributed by atoms with Crippen LogP contribution in [0.3, 0.4) is 0 Å². The van der Waals surface area contributed by atoms with Gasteiger partial charge < -0.3 is 9.57 Å². The van der Waals surface area contributed by atoms with Gasteiger partial charge in [0.15, 0.2) is 5.57 Å². The van der Waals surface area contributed by atoms with Gasteiger partial charge in [0.2, 0.25) is 11.5 Å². The molecule has 0 aromatic heterocycles. The number of halogens is 3. The first kappa shape index (κ1) is 15.0. The van der Waals surface area contributed by atoms with E-state index in [9.17, 15) is 22.8 Å². The molecule has 0 bridgehead atoms. The predicted molar refractivity (Wildman–Crippen MR) is 48.8 cm³/mol. The first-order valence-corrected chi connectivity index (χ1v) is 4.15. The van der Waals surface area contributed by atoms with E-state index in [0.717, 1.165) is 0 Å². The van der Waals surface area contributed by atoms with E-state index in [1.54, 1.807) is 0 Å². The van der Waals surface area contributed by atoms with Crippen LogP contribution >= 0.6 is 0 Å². The molecule has 0 saturated heterocycles. The third-order valence-corrected chi connectivity index (χ3v) is 1.44. The molecule has 0 amide bonds. The van der Waals surface area contributed by atoms with Gasteiger partial charge in [-0.2, -0.15) is 19.1 Å². The standard InChI is InChI=1S/C9H8F3NO4/c1-3-5(14)6(8(15)16-4-2)7(17-13)9(10,11)12/h1H,4,13H2,2H3/b7-6-. The lowest BCUT2D eigenvalue weighted by atomic mass is 10.1. The second-order valence-electron chi connectivity index (χ2n) is 2.51. The summed E-state index contributed by atoms with van der Waals surface area (Å²) in [4.78, 5) is 25.7. The Morgan fingerprint density at radius 3 is 2.24 bits per heavy atom. The molecule has 0 spiro atoms. The van der Waals surface area contributed by atoms with Gasteiger partial charge in [-0.1, -0.05) is 0 Å². The molecule has 0 rings (SSSR count). The van der Waals surface area contributed by atoms with Crippen LogP contribution in [0.2, 0.25) is 0 Å². The number of carbonyl (C=O) groups is 2. The number of terminal acetylenes is 1. The summed E-state index contributed by atoms with van der Waals surface area (Å²) in [6.45, 7) is 1.10. The lowest BCUT2D eigenvalue weighted by Gasteiger charge is -2.12. The van der Waals surface area contributed by atoms with Crippen LogP contribution in [0, 0.1) is 12.3 Å². The molecule has 0 aromatic carbocycles. The Kier molecular flexibility index (Phi) is 5.21. The van der Waals surface area contributed by atoms with Gasteiger partial charge in [0, 0.05) is 0 Å². The zero-order chi connectivity index (χ0) is 13.6. The molecule has 0 aliphatic heterocycles. The van der Waals surface area contributed by atoms with Crippen molar-refractivity contribution in [3.05, 3.63) is 11.3 Å². The van der Waals surface area contributed by atoms with Crippen LogP contribution in [0.25, 0.3) is 0 Å². The molecule has 0 heterocycles. The predicted octanol–water partition coefficient (Wildman–Crippen LogP) is 0.459. The van der Waals surface area contributed by atoms with Crippen molar-refractivity contribution in [3.63, 3.8) is 0 Å². The fourth-order valence-corrected chi connectivity index (χ4v) is 0.831.